The number of rotatable bonds is 10. The number of nitrogens with one attached hydrogen (secondary N) is 1. The summed E-state index contributed by atoms with van der Waals surface area (Å²) in [6.07, 6.45) is 2.12. The van der Waals surface area contributed by atoms with Crippen molar-refractivity contribution in [3.05, 3.63) is 30.3 Å². The highest BCUT2D eigenvalue weighted by Gasteiger charge is 2.02. The molecule has 1 amide bonds. The Morgan fingerprint density at radius 3 is 2.50 bits per heavy atom. The summed E-state index contributed by atoms with van der Waals surface area (Å²) in [5.41, 5.74) is 0. The average Bonchev–Trinajstić information content (AvgIpc) is 2.50. The molecule has 0 saturated carbocycles. The molecule has 4 heteroatoms. The van der Waals surface area contributed by atoms with Crippen LogP contribution < -0.4 is 10.1 Å². The second kappa shape index (κ2) is 10.3. The van der Waals surface area contributed by atoms with E-state index in [0.717, 1.165) is 44.8 Å². The largest absolute Gasteiger partial charge is 0.484 e. The van der Waals surface area contributed by atoms with E-state index >= 15 is 0 Å². The van der Waals surface area contributed by atoms with Crippen LogP contribution in [0.25, 0.3) is 0 Å². The molecule has 1 N–H and O–H groups in total. The molecule has 0 saturated heterocycles. The first-order valence-corrected chi connectivity index (χ1v) is 7.43. The lowest BCUT2D eigenvalue weighted by Crippen LogP contribution is -2.30. The van der Waals surface area contributed by atoms with Crippen molar-refractivity contribution in [3.63, 3.8) is 0 Å². The summed E-state index contributed by atoms with van der Waals surface area (Å²) in [6.45, 7) is 8.43. The highest BCUT2D eigenvalue weighted by Crippen LogP contribution is 2.07. The molecule has 112 valence electrons. The number of carbonyl (C=O) groups excluding carboxylic acids is 1. The molecule has 0 unspecified atom stereocenters. The van der Waals surface area contributed by atoms with Crippen molar-refractivity contribution in [2.24, 2.45) is 0 Å². The average molecular weight is 278 g/mol. The minimum atomic E-state index is -0.0586. The van der Waals surface area contributed by atoms with Crippen molar-refractivity contribution < 1.29 is 9.53 Å². The van der Waals surface area contributed by atoms with E-state index in [1.54, 1.807) is 0 Å². The zero-order valence-corrected chi connectivity index (χ0v) is 12.6. The van der Waals surface area contributed by atoms with Crippen molar-refractivity contribution in [3.8, 4) is 5.75 Å². The Labute approximate surface area is 122 Å². The van der Waals surface area contributed by atoms with Crippen molar-refractivity contribution in [1.82, 2.24) is 10.2 Å². The van der Waals surface area contributed by atoms with Crippen LogP contribution in [-0.2, 0) is 4.79 Å². The van der Waals surface area contributed by atoms with Gasteiger partial charge >= 0.3 is 0 Å². The number of hydrogen-bond donors (Lipinski definition) is 1. The van der Waals surface area contributed by atoms with Crippen LogP contribution >= 0.6 is 0 Å². The van der Waals surface area contributed by atoms with Gasteiger partial charge in [0.05, 0.1) is 0 Å². The Hall–Kier alpha value is -1.55. The fourth-order valence-electron chi connectivity index (χ4n) is 1.94. The van der Waals surface area contributed by atoms with Gasteiger partial charge in [0.2, 0.25) is 0 Å². The molecule has 20 heavy (non-hydrogen) atoms. The van der Waals surface area contributed by atoms with Crippen LogP contribution in [0.15, 0.2) is 30.3 Å². The lowest BCUT2D eigenvalue weighted by molar-refractivity contribution is -0.123. The Kier molecular flexibility index (Phi) is 8.47. The normalized spacial score (nSPS) is 10.6. The summed E-state index contributed by atoms with van der Waals surface area (Å²) in [5.74, 6) is 0.667. The third kappa shape index (κ3) is 7.14. The predicted octanol–water partition coefficient (Wildman–Crippen LogP) is 2.30. The Bertz CT molecular complexity index is 364. The molecule has 1 aromatic rings. The standard InChI is InChI=1S/C16H26N2O2/c1-3-18(4-2)13-9-8-12-17-16(19)14-20-15-10-6-5-7-11-15/h5-7,10-11H,3-4,8-9,12-14H2,1-2H3,(H,17,19). The van der Waals surface area contributed by atoms with Crippen molar-refractivity contribution in [1.29, 1.82) is 0 Å². The molecule has 0 aliphatic heterocycles. The van der Waals surface area contributed by atoms with E-state index < -0.39 is 0 Å². The monoisotopic (exact) mass is 278 g/mol. The summed E-state index contributed by atoms with van der Waals surface area (Å²) in [7, 11) is 0. The van der Waals surface area contributed by atoms with Crippen LogP contribution in [0.1, 0.15) is 26.7 Å². The molecule has 0 bridgehead atoms. The van der Waals surface area contributed by atoms with Gasteiger partial charge in [-0.1, -0.05) is 32.0 Å². The van der Waals surface area contributed by atoms with Crippen LogP contribution in [0.5, 0.6) is 5.75 Å². The molecule has 0 fully saturated rings. The summed E-state index contributed by atoms with van der Waals surface area (Å²) in [4.78, 5) is 14.0. The number of carbonyl (C=O) groups is 1. The van der Waals surface area contributed by atoms with Gasteiger partial charge in [0, 0.05) is 6.54 Å². The minimum Gasteiger partial charge on any atom is -0.484 e. The van der Waals surface area contributed by atoms with Gasteiger partial charge in [0.1, 0.15) is 5.75 Å². The first kappa shape index (κ1) is 16.5. The van der Waals surface area contributed by atoms with E-state index in [1.165, 1.54) is 0 Å². The van der Waals surface area contributed by atoms with Crippen molar-refractivity contribution in [2.75, 3.05) is 32.8 Å². The second-order valence-electron chi connectivity index (χ2n) is 4.69. The molecule has 0 aliphatic carbocycles. The number of ether oxygens (including phenoxy) is 1. The summed E-state index contributed by atoms with van der Waals surface area (Å²) in [5, 5.41) is 2.88. The summed E-state index contributed by atoms with van der Waals surface area (Å²) >= 11 is 0. The van der Waals surface area contributed by atoms with Gasteiger partial charge in [-0.3, -0.25) is 4.79 Å². The Morgan fingerprint density at radius 2 is 1.85 bits per heavy atom. The van der Waals surface area contributed by atoms with Crippen LogP contribution in [-0.4, -0.2) is 43.6 Å². The molecule has 4 nitrogen and oxygen atoms in total. The Balaban J connectivity index is 2.03. The van der Waals surface area contributed by atoms with Crippen LogP contribution in [0.3, 0.4) is 0 Å². The molecular formula is C16H26N2O2. The summed E-state index contributed by atoms with van der Waals surface area (Å²) in [6, 6.07) is 9.39. The Morgan fingerprint density at radius 1 is 1.15 bits per heavy atom. The molecular weight excluding hydrogens is 252 g/mol. The quantitative estimate of drug-likeness (QED) is 0.668. The van der Waals surface area contributed by atoms with Crippen LogP contribution in [0.4, 0.5) is 0 Å². The second-order valence-corrected chi connectivity index (χ2v) is 4.69. The van der Waals surface area contributed by atoms with Crippen molar-refractivity contribution in [2.45, 2.75) is 26.7 Å². The maximum Gasteiger partial charge on any atom is 0.257 e. The van der Waals surface area contributed by atoms with E-state index in [9.17, 15) is 4.79 Å². The molecule has 0 spiro atoms. The van der Waals surface area contributed by atoms with Crippen molar-refractivity contribution >= 4 is 5.91 Å². The lowest BCUT2D eigenvalue weighted by Gasteiger charge is -2.17. The zero-order valence-electron chi connectivity index (χ0n) is 12.6. The van der Waals surface area contributed by atoms with Crippen LogP contribution in [0, 0.1) is 0 Å². The van der Waals surface area contributed by atoms with E-state index in [-0.39, 0.29) is 12.5 Å². The SMILES string of the molecule is CCN(CC)CCCCNC(=O)COc1ccccc1. The zero-order chi connectivity index (χ0) is 14.6. The molecule has 0 radical (unpaired) electrons. The van der Waals surface area contributed by atoms with Gasteiger partial charge in [-0.25, -0.2) is 0 Å². The number of para-hydroxylation sites is 1. The van der Waals surface area contributed by atoms with Gasteiger partial charge < -0.3 is 15.0 Å². The van der Waals surface area contributed by atoms with E-state index in [1.807, 2.05) is 30.3 Å². The highest BCUT2D eigenvalue weighted by atomic mass is 16.5. The van der Waals surface area contributed by atoms with E-state index in [2.05, 4.69) is 24.1 Å². The molecule has 0 heterocycles. The number of amides is 1. The summed E-state index contributed by atoms with van der Waals surface area (Å²) < 4.78 is 5.38. The molecule has 0 aliphatic rings. The highest BCUT2D eigenvalue weighted by molar-refractivity contribution is 5.77. The van der Waals surface area contributed by atoms with Gasteiger partial charge in [-0.05, 0) is 44.6 Å². The number of hydrogen-bond acceptors (Lipinski definition) is 3. The maximum atomic E-state index is 11.6. The first-order valence-electron chi connectivity index (χ1n) is 7.43. The third-order valence-corrected chi connectivity index (χ3v) is 3.23. The van der Waals surface area contributed by atoms with Gasteiger partial charge in [-0.2, -0.15) is 0 Å². The van der Waals surface area contributed by atoms with Gasteiger partial charge in [0.15, 0.2) is 6.61 Å². The van der Waals surface area contributed by atoms with E-state index in [0.29, 0.717) is 0 Å². The van der Waals surface area contributed by atoms with Gasteiger partial charge in [0.25, 0.3) is 5.91 Å². The molecule has 0 atom stereocenters. The fourth-order valence-corrected chi connectivity index (χ4v) is 1.94. The molecule has 1 aromatic carbocycles. The lowest BCUT2D eigenvalue weighted by atomic mass is 10.3. The number of nitrogens with zero attached hydrogens (tertiary/aromatic N) is 1. The fraction of sp³-hybridized carbons (Fsp3) is 0.562. The first-order chi connectivity index (χ1) is 9.76. The third-order valence-electron chi connectivity index (χ3n) is 3.23. The predicted molar refractivity (Wildman–Crippen MR) is 82.0 cm³/mol. The molecule has 0 aromatic heterocycles. The minimum absolute atomic E-state index is 0.0586. The van der Waals surface area contributed by atoms with E-state index in [4.69, 9.17) is 4.74 Å². The van der Waals surface area contributed by atoms with Gasteiger partial charge in [-0.15, -0.1) is 0 Å². The molecule has 1 rings (SSSR count). The smallest absolute Gasteiger partial charge is 0.257 e. The number of benzene rings is 1. The van der Waals surface area contributed by atoms with Crippen LogP contribution in [0.2, 0.25) is 0 Å². The maximum absolute atomic E-state index is 11.6. The topological polar surface area (TPSA) is 41.6 Å². The number of unbranched alkanes of at least 4 members (excludes halogenated alkanes) is 1.